The number of rotatable bonds is 4. The molecule has 1 aliphatic rings. The Morgan fingerprint density at radius 1 is 1.56 bits per heavy atom. The van der Waals surface area contributed by atoms with Gasteiger partial charge in [-0.25, -0.2) is 4.98 Å². The van der Waals surface area contributed by atoms with Gasteiger partial charge in [-0.15, -0.1) is 11.3 Å². The summed E-state index contributed by atoms with van der Waals surface area (Å²) in [4.78, 5) is 18.9. The van der Waals surface area contributed by atoms with E-state index in [0.717, 1.165) is 24.9 Å². The van der Waals surface area contributed by atoms with Crippen molar-refractivity contribution in [3.8, 4) is 0 Å². The van der Waals surface area contributed by atoms with Crippen molar-refractivity contribution in [2.45, 2.75) is 25.5 Å². The minimum atomic E-state index is -0.114. The summed E-state index contributed by atoms with van der Waals surface area (Å²) in [7, 11) is 0. The van der Waals surface area contributed by atoms with Gasteiger partial charge in [-0.2, -0.15) is 0 Å². The predicted molar refractivity (Wildman–Crippen MR) is 70.7 cm³/mol. The van der Waals surface area contributed by atoms with E-state index in [4.69, 9.17) is 0 Å². The summed E-state index contributed by atoms with van der Waals surface area (Å²) in [5.41, 5.74) is 0.700. The summed E-state index contributed by atoms with van der Waals surface area (Å²) >= 11 is 1.41. The third-order valence-electron chi connectivity index (χ3n) is 3.30. The molecule has 0 aliphatic heterocycles. The maximum atomic E-state index is 11.7. The van der Waals surface area contributed by atoms with Crippen LogP contribution in [0.4, 0.5) is 0 Å². The molecule has 96 valence electrons. The van der Waals surface area contributed by atoms with Gasteiger partial charge >= 0.3 is 0 Å². The highest BCUT2D eigenvalue weighted by molar-refractivity contribution is 7.17. The van der Waals surface area contributed by atoms with E-state index in [9.17, 15) is 9.90 Å². The average Bonchev–Trinajstić information content (AvgIpc) is 2.75. The molecule has 0 spiro atoms. The van der Waals surface area contributed by atoms with Crippen LogP contribution in [0, 0.1) is 5.92 Å². The fourth-order valence-electron chi connectivity index (χ4n) is 2.27. The number of aromatic amines is 1. The van der Waals surface area contributed by atoms with Crippen molar-refractivity contribution in [1.82, 2.24) is 15.3 Å². The standard InChI is InChI=1S/C12H15N3O2S/c16-8-3-7(4-8)5-13-6-10-14-9-1-2-18-11(9)12(17)15-10/h1-2,7-8,13,16H,3-6H2,(H,14,15,17). The lowest BCUT2D eigenvalue weighted by molar-refractivity contribution is 0.0429. The number of nitrogens with zero attached hydrogens (tertiary/aromatic N) is 1. The molecule has 6 heteroatoms. The summed E-state index contributed by atoms with van der Waals surface area (Å²) in [6.07, 6.45) is 1.64. The molecule has 0 saturated heterocycles. The molecule has 2 aromatic heterocycles. The van der Waals surface area contributed by atoms with Crippen molar-refractivity contribution in [3.63, 3.8) is 0 Å². The summed E-state index contributed by atoms with van der Waals surface area (Å²) in [6.45, 7) is 1.43. The zero-order valence-electron chi connectivity index (χ0n) is 9.85. The molecule has 3 rings (SSSR count). The third kappa shape index (κ3) is 2.31. The number of aromatic nitrogens is 2. The van der Waals surface area contributed by atoms with Crippen molar-refractivity contribution in [1.29, 1.82) is 0 Å². The highest BCUT2D eigenvalue weighted by Crippen LogP contribution is 2.26. The van der Waals surface area contributed by atoms with Crippen molar-refractivity contribution in [2.24, 2.45) is 5.92 Å². The first-order valence-corrected chi connectivity index (χ1v) is 6.95. The number of thiophene rings is 1. The lowest BCUT2D eigenvalue weighted by Gasteiger charge is -2.31. The van der Waals surface area contributed by atoms with Gasteiger partial charge in [0.15, 0.2) is 0 Å². The zero-order valence-corrected chi connectivity index (χ0v) is 10.7. The second-order valence-corrected chi connectivity index (χ2v) is 5.69. The number of hydrogen-bond donors (Lipinski definition) is 3. The quantitative estimate of drug-likeness (QED) is 0.765. The molecule has 0 atom stereocenters. The molecule has 1 saturated carbocycles. The van der Waals surface area contributed by atoms with E-state index in [1.54, 1.807) is 0 Å². The summed E-state index contributed by atoms with van der Waals surface area (Å²) in [5.74, 6) is 1.22. The van der Waals surface area contributed by atoms with Gasteiger partial charge in [-0.05, 0) is 36.8 Å². The molecule has 0 unspecified atom stereocenters. The van der Waals surface area contributed by atoms with Crippen LogP contribution in [-0.4, -0.2) is 27.7 Å². The predicted octanol–water partition coefficient (Wildman–Crippen LogP) is 0.845. The summed E-state index contributed by atoms with van der Waals surface area (Å²) < 4.78 is 0.681. The molecule has 18 heavy (non-hydrogen) atoms. The summed E-state index contributed by atoms with van der Waals surface area (Å²) in [5, 5.41) is 14.3. The van der Waals surface area contributed by atoms with Crippen LogP contribution in [0.1, 0.15) is 18.7 Å². The first kappa shape index (κ1) is 11.8. The van der Waals surface area contributed by atoms with Crippen LogP contribution in [0.25, 0.3) is 10.2 Å². The number of hydrogen-bond acceptors (Lipinski definition) is 5. The fraction of sp³-hybridized carbons (Fsp3) is 0.500. The van der Waals surface area contributed by atoms with Gasteiger partial charge in [-0.1, -0.05) is 0 Å². The van der Waals surface area contributed by atoms with Crippen LogP contribution in [-0.2, 0) is 6.54 Å². The number of aliphatic hydroxyl groups is 1. The van der Waals surface area contributed by atoms with Gasteiger partial charge < -0.3 is 15.4 Å². The topological polar surface area (TPSA) is 78.0 Å². The second kappa shape index (κ2) is 4.79. The molecular formula is C12H15N3O2S. The van der Waals surface area contributed by atoms with E-state index in [-0.39, 0.29) is 11.7 Å². The molecule has 0 radical (unpaired) electrons. The minimum absolute atomic E-state index is 0.0640. The van der Waals surface area contributed by atoms with Gasteiger partial charge in [0.05, 0.1) is 18.2 Å². The van der Waals surface area contributed by atoms with E-state index in [1.807, 2.05) is 11.4 Å². The lowest BCUT2D eigenvalue weighted by atomic mass is 9.82. The van der Waals surface area contributed by atoms with Crippen LogP contribution < -0.4 is 10.9 Å². The molecule has 5 nitrogen and oxygen atoms in total. The Morgan fingerprint density at radius 2 is 2.39 bits per heavy atom. The smallest absolute Gasteiger partial charge is 0.268 e. The highest BCUT2D eigenvalue weighted by Gasteiger charge is 2.26. The van der Waals surface area contributed by atoms with Gasteiger partial charge in [-0.3, -0.25) is 4.79 Å². The van der Waals surface area contributed by atoms with E-state index in [2.05, 4.69) is 15.3 Å². The Bertz CT molecular complexity index is 601. The monoisotopic (exact) mass is 265 g/mol. The Balaban J connectivity index is 1.62. The zero-order chi connectivity index (χ0) is 12.5. The van der Waals surface area contributed by atoms with Gasteiger partial charge in [0, 0.05) is 0 Å². The van der Waals surface area contributed by atoms with Crippen LogP contribution >= 0.6 is 11.3 Å². The van der Waals surface area contributed by atoms with E-state index in [1.165, 1.54) is 11.3 Å². The highest BCUT2D eigenvalue weighted by atomic mass is 32.1. The Hall–Kier alpha value is -1.24. The van der Waals surface area contributed by atoms with Gasteiger partial charge in [0.1, 0.15) is 10.5 Å². The molecule has 1 aliphatic carbocycles. The first-order chi connectivity index (χ1) is 8.72. The summed E-state index contributed by atoms with van der Waals surface area (Å²) in [6, 6.07) is 1.86. The molecular weight excluding hydrogens is 250 g/mol. The van der Waals surface area contributed by atoms with Crippen LogP contribution in [0.5, 0.6) is 0 Å². The molecule has 0 amide bonds. The van der Waals surface area contributed by atoms with E-state index in [0.29, 0.717) is 23.0 Å². The molecule has 1 fully saturated rings. The molecule has 2 heterocycles. The lowest BCUT2D eigenvalue weighted by Crippen LogP contribution is -2.36. The normalized spacial score (nSPS) is 23.2. The minimum Gasteiger partial charge on any atom is -0.393 e. The maximum absolute atomic E-state index is 11.7. The van der Waals surface area contributed by atoms with Crippen molar-refractivity contribution >= 4 is 21.6 Å². The SMILES string of the molecule is O=c1[nH]c(CNCC2CC(O)C2)nc2ccsc12. The number of fused-ring (bicyclic) bond motifs is 1. The maximum Gasteiger partial charge on any atom is 0.268 e. The van der Waals surface area contributed by atoms with Gasteiger partial charge in [0.25, 0.3) is 5.56 Å². The largest absolute Gasteiger partial charge is 0.393 e. The van der Waals surface area contributed by atoms with Gasteiger partial charge in [0.2, 0.25) is 0 Å². The van der Waals surface area contributed by atoms with Crippen LogP contribution in [0.3, 0.4) is 0 Å². The van der Waals surface area contributed by atoms with Crippen molar-refractivity contribution in [3.05, 3.63) is 27.6 Å². The fourth-order valence-corrected chi connectivity index (χ4v) is 2.99. The van der Waals surface area contributed by atoms with E-state index >= 15 is 0 Å². The number of nitrogens with one attached hydrogen (secondary N) is 2. The molecule has 0 aromatic carbocycles. The average molecular weight is 265 g/mol. The van der Waals surface area contributed by atoms with Crippen molar-refractivity contribution < 1.29 is 5.11 Å². The Labute approximate surface area is 108 Å². The molecule has 0 bridgehead atoms. The van der Waals surface area contributed by atoms with E-state index < -0.39 is 0 Å². The first-order valence-electron chi connectivity index (χ1n) is 6.07. The third-order valence-corrected chi connectivity index (χ3v) is 4.20. The second-order valence-electron chi connectivity index (χ2n) is 4.77. The molecule has 2 aromatic rings. The molecule has 3 N–H and O–H groups in total. The van der Waals surface area contributed by atoms with Crippen LogP contribution in [0.2, 0.25) is 0 Å². The number of aliphatic hydroxyl groups excluding tert-OH is 1. The van der Waals surface area contributed by atoms with Crippen molar-refractivity contribution in [2.75, 3.05) is 6.54 Å². The number of H-pyrrole nitrogens is 1. The van der Waals surface area contributed by atoms with Crippen LogP contribution in [0.15, 0.2) is 16.2 Å². The Morgan fingerprint density at radius 3 is 3.17 bits per heavy atom. The Kier molecular flexibility index (Phi) is 3.15.